The van der Waals surface area contributed by atoms with Crippen LogP contribution in [0.25, 0.3) is 0 Å². The summed E-state index contributed by atoms with van der Waals surface area (Å²) in [6.45, 7) is 0.0169. The van der Waals surface area contributed by atoms with E-state index >= 15 is 0 Å². The van der Waals surface area contributed by atoms with Crippen LogP contribution in [0.15, 0.2) is 53.8 Å². The third-order valence-electron chi connectivity index (χ3n) is 3.20. The molecule has 0 aromatic heterocycles. The second-order valence-corrected chi connectivity index (χ2v) is 4.52. The number of hydrogen-bond acceptors (Lipinski definition) is 4. The molecule has 0 saturated heterocycles. The van der Waals surface area contributed by atoms with E-state index in [9.17, 15) is 5.21 Å². The van der Waals surface area contributed by atoms with Gasteiger partial charge in [-0.2, -0.15) is 0 Å². The van der Waals surface area contributed by atoms with E-state index in [1.807, 2.05) is 60.5 Å². The van der Waals surface area contributed by atoms with Crippen molar-refractivity contribution in [2.45, 2.75) is 6.54 Å². The summed E-state index contributed by atoms with van der Waals surface area (Å²) >= 11 is 0. The second-order valence-electron chi connectivity index (χ2n) is 4.52. The van der Waals surface area contributed by atoms with Crippen LogP contribution in [-0.2, 0) is 6.54 Å². The summed E-state index contributed by atoms with van der Waals surface area (Å²) in [5.41, 5.74) is 2.79. The quantitative estimate of drug-likeness (QED) is 0.520. The fourth-order valence-corrected chi connectivity index (χ4v) is 1.97. The lowest BCUT2D eigenvalue weighted by atomic mass is 10.2. The van der Waals surface area contributed by atoms with Crippen LogP contribution in [0.1, 0.15) is 5.56 Å². The molecule has 6 nitrogen and oxygen atoms in total. The van der Waals surface area contributed by atoms with Gasteiger partial charge in [-0.1, -0.05) is 17.0 Å². The molecule has 2 rings (SSSR count). The van der Waals surface area contributed by atoms with Crippen LogP contribution in [0.2, 0.25) is 0 Å². The van der Waals surface area contributed by atoms with E-state index in [4.69, 9.17) is 9.94 Å². The Morgan fingerprint density at radius 2 is 1.62 bits per heavy atom. The highest BCUT2D eigenvalue weighted by Gasteiger charge is 2.06. The van der Waals surface area contributed by atoms with Crippen molar-refractivity contribution in [1.82, 2.24) is 0 Å². The van der Waals surface area contributed by atoms with Gasteiger partial charge in [0.15, 0.2) is 5.28 Å². The Labute approximate surface area is 123 Å². The summed E-state index contributed by atoms with van der Waals surface area (Å²) < 4.78 is 5.14. The molecule has 0 heterocycles. The molecule has 0 amide bonds. The van der Waals surface area contributed by atoms with Gasteiger partial charge < -0.3 is 20.1 Å². The standard InChI is InChI=1S/C15H17N3O3/c1-17(14-7-9-15(21-2)10-8-14)13-5-3-12(4-6-13)11-18(20)16-19/h3-10,19H,11H2,1-2H3. The molecule has 0 bridgehead atoms. The van der Waals surface area contributed by atoms with Gasteiger partial charge in [-0.15, -0.1) is 0 Å². The molecule has 0 saturated carbocycles. The minimum Gasteiger partial charge on any atom is -0.597 e. The molecule has 110 valence electrons. The van der Waals surface area contributed by atoms with Crippen LogP contribution in [0.4, 0.5) is 11.4 Å². The fraction of sp³-hybridized carbons (Fsp3) is 0.200. The average molecular weight is 287 g/mol. The maximum atomic E-state index is 11.0. The van der Waals surface area contributed by atoms with E-state index in [1.54, 1.807) is 7.11 Å². The summed E-state index contributed by atoms with van der Waals surface area (Å²) in [5.74, 6) is 0.811. The Balaban J connectivity index is 2.13. The molecular weight excluding hydrogens is 270 g/mol. The van der Waals surface area contributed by atoms with E-state index in [2.05, 4.69) is 5.28 Å². The van der Waals surface area contributed by atoms with Crippen molar-refractivity contribution < 1.29 is 14.8 Å². The van der Waals surface area contributed by atoms with Gasteiger partial charge in [0.25, 0.3) is 0 Å². The van der Waals surface area contributed by atoms with Crippen LogP contribution in [-0.4, -0.2) is 24.2 Å². The summed E-state index contributed by atoms with van der Waals surface area (Å²) in [6.07, 6.45) is 0. The third-order valence-corrected chi connectivity index (χ3v) is 3.20. The van der Waals surface area contributed by atoms with E-state index in [0.29, 0.717) is 0 Å². The summed E-state index contributed by atoms with van der Waals surface area (Å²) in [7, 11) is 3.59. The normalized spacial score (nSPS) is 11.2. The van der Waals surface area contributed by atoms with Gasteiger partial charge in [0.1, 0.15) is 5.75 Å². The summed E-state index contributed by atoms with van der Waals surface area (Å²) in [5, 5.41) is 21.9. The second kappa shape index (κ2) is 6.60. The molecule has 0 aliphatic rings. The van der Waals surface area contributed by atoms with E-state index in [0.717, 1.165) is 22.7 Å². The fourth-order valence-electron chi connectivity index (χ4n) is 1.97. The van der Waals surface area contributed by atoms with E-state index in [1.165, 1.54) is 0 Å². The first-order chi connectivity index (χ1) is 10.1. The third kappa shape index (κ3) is 3.62. The van der Waals surface area contributed by atoms with Gasteiger partial charge in [0.2, 0.25) is 6.54 Å². The molecule has 0 unspecified atom stereocenters. The highest BCUT2D eigenvalue weighted by atomic mass is 16.6. The zero-order valence-corrected chi connectivity index (χ0v) is 11.9. The minimum atomic E-state index is 0.0169. The van der Waals surface area contributed by atoms with Crippen molar-refractivity contribution in [1.29, 1.82) is 0 Å². The molecule has 2 aromatic carbocycles. The Kier molecular flexibility index (Phi) is 4.61. The van der Waals surface area contributed by atoms with Crippen LogP contribution in [0, 0.1) is 5.21 Å². The number of rotatable bonds is 5. The number of hydroxylamine groups is 1. The monoisotopic (exact) mass is 287 g/mol. The maximum absolute atomic E-state index is 11.0. The van der Waals surface area contributed by atoms with Crippen molar-refractivity contribution in [3.63, 3.8) is 0 Å². The van der Waals surface area contributed by atoms with Crippen LogP contribution < -0.4 is 9.64 Å². The molecule has 21 heavy (non-hydrogen) atoms. The SMILES string of the molecule is COc1ccc(N(C)c2ccc(C[N+]([O-])=NO)cc2)cc1. The van der Waals surface area contributed by atoms with Crippen molar-refractivity contribution in [3.05, 3.63) is 59.3 Å². The molecule has 0 fully saturated rings. The summed E-state index contributed by atoms with van der Waals surface area (Å²) in [4.78, 5) is 2.25. The Hall–Kier alpha value is -2.76. The van der Waals surface area contributed by atoms with Gasteiger partial charge in [-0.25, -0.2) is 0 Å². The smallest absolute Gasteiger partial charge is 0.209 e. The molecular formula is C15H17N3O3. The van der Waals surface area contributed by atoms with Gasteiger partial charge in [0.05, 0.1) is 7.11 Å². The number of ether oxygens (including phenoxy) is 1. The highest BCUT2D eigenvalue weighted by Crippen LogP contribution is 2.25. The van der Waals surface area contributed by atoms with Crippen molar-refractivity contribution >= 4 is 11.4 Å². The number of methoxy groups -OCH3 is 1. The van der Waals surface area contributed by atoms with Gasteiger partial charge in [-0.3, -0.25) is 0 Å². The number of hydrogen-bond donors (Lipinski definition) is 1. The first-order valence-electron chi connectivity index (χ1n) is 6.40. The predicted molar refractivity (Wildman–Crippen MR) is 79.0 cm³/mol. The first-order valence-corrected chi connectivity index (χ1v) is 6.40. The minimum absolute atomic E-state index is 0.0169. The van der Waals surface area contributed by atoms with Crippen molar-refractivity contribution in [3.8, 4) is 5.75 Å². The molecule has 0 atom stereocenters. The molecule has 0 aliphatic carbocycles. The lowest BCUT2D eigenvalue weighted by Crippen LogP contribution is -2.09. The summed E-state index contributed by atoms with van der Waals surface area (Å²) in [6, 6.07) is 15.2. The molecule has 2 aromatic rings. The van der Waals surface area contributed by atoms with Gasteiger partial charge in [0, 0.05) is 24.0 Å². The lowest BCUT2D eigenvalue weighted by molar-refractivity contribution is -0.570. The van der Waals surface area contributed by atoms with E-state index in [-0.39, 0.29) is 11.4 Å². The Bertz CT molecular complexity index is 609. The molecule has 0 aliphatic heterocycles. The Morgan fingerprint density at radius 1 is 1.10 bits per heavy atom. The molecule has 6 heteroatoms. The van der Waals surface area contributed by atoms with Crippen LogP contribution in [0.3, 0.4) is 0 Å². The maximum Gasteiger partial charge on any atom is 0.209 e. The van der Waals surface area contributed by atoms with Crippen molar-refractivity contribution in [2.24, 2.45) is 5.28 Å². The van der Waals surface area contributed by atoms with Gasteiger partial charge in [-0.05, 0) is 36.4 Å². The van der Waals surface area contributed by atoms with Crippen LogP contribution in [0.5, 0.6) is 5.75 Å². The molecule has 1 N–H and O–H groups in total. The lowest BCUT2D eigenvalue weighted by Gasteiger charge is -2.20. The highest BCUT2D eigenvalue weighted by molar-refractivity contribution is 5.63. The topological polar surface area (TPSA) is 71.1 Å². The predicted octanol–water partition coefficient (Wildman–Crippen LogP) is 3.31. The van der Waals surface area contributed by atoms with Crippen molar-refractivity contribution in [2.75, 3.05) is 19.1 Å². The zero-order valence-electron chi connectivity index (χ0n) is 11.9. The number of benzene rings is 2. The van der Waals surface area contributed by atoms with Crippen LogP contribution >= 0.6 is 0 Å². The molecule has 0 radical (unpaired) electrons. The molecule has 0 spiro atoms. The number of anilines is 2. The Morgan fingerprint density at radius 3 is 2.10 bits per heavy atom. The zero-order chi connectivity index (χ0) is 15.2. The first kappa shape index (κ1) is 14.6. The number of nitrogens with zero attached hydrogens (tertiary/aromatic N) is 3. The average Bonchev–Trinajstić information content (AvgIpc) is 2.55. The van der Waals surface area contributed by atoms with E-state index < -0.39 is 0 Å². The van der Waals surface area contributed by atoms with Gasteiger partial charge >= 0.3 is 0 Å². The largest absolute Gasteiger partial charge is 0.597 e.